The predicted octanol–water partition coefficient (Wildman–Crippen LogP) is 0.388. The van der Waals surface area contributed by atoms with Crippen LogP contribution in [0.3, 0.4) is 0 Å². The summed E-state index contributed by atoms with van der Waals surface area (Å²) in [6.45, 7) is 5.15. The number of nitrogens with zero attached hydrogens (tertiary/aromatic N) is 2. The summed E-state index contributed by atoms with van der Waals surface area (Å²) >= 11 is 0. The quantitative estimate of drug-likeness (QED) is 0.570. The van der Waals surface area contributed by atoms with Gasteiger partial charge in [-0.15, -0.1) is 0 Å². The van der Waals surface area contributed by atoms with Gasteiger partial charge in [-0.05, 0) is 6.54 Å². The van der Waals surface area contributed by atoms with Crippen molar-refractivity contribution < 1.29 is 4.84 Å². The zero-order chi connectivity index (χ0) is 8.10. The molecule has 12 heavy (non-hydrogen) atoms. The molecule has 1 heterocycles. The molecule has 0 bridgehead atoms. The lowest BCUT2D eigenvalue weighted by Crippen LogP contribution is -2.45. The van der Waals surface area contributed by atoms with Crippen LogP contribution < -0.4 is 0 Å². The van der Waals surface area contributed by atoms with Crippen LogP contribution in [0.4, 0.5) is 0 Å². The second-order valence-electron chi connectivity index (χ2n) is 2.74. The van der Waals surface area contributed by atoms with Crippen LogP contribution in [-0.2, 0) is 4.84 Å². The van der Waals surface area contributed by atoms with Gasteiger partial charge in [-0.25, -0.2) is 0 Å². The van der Waals surface area contributed by atoms with Gasteiger partial charge in [0.15, 0.2) is 0 Å². The van der Waals surface area contributed by atoms with Gasteiger partial charge in [0.25, 0.3) is 0 Å². The molecule has 0 aliphatic carbocycles. The molecule has 0 aromatic carbocycles. The third-order valence-corrected chi connectivity index (χ3v) is 2.03. The van der Waals surface area contributed by atoms with Gasteiger partial charge >= 0.3 is 0 Å². The van der Waals surface area contributed by atoms with E-state index in [4.69, 9.17) is 12.7 Å². The minimum atomic E-state index is 0. The molecule has 0 aromatic heterocycles. The van der Waals surface area contributed by atoms with E-state index in [0.717, 1.165) is 39.0 Å². The minimum absolute atomic E-state index is 0. The summed E-state index contributed by atoms with van der Waals surface area (Å²) in [5, 5.41) is 1.98. The lowest BCUT2D eigenvalue weighted by Gasteiger charge is -2.32. The maximum Gasteiger partial charge on any atom is 0.0670 e. The standard InChI is InChI=1S/C7H15BN2O.CH4/c1-11-10-6-4-9(3-2-8)5-7-10;/h2-7H2,1H3;1H4. The average molecular weight is 170 g/mol. The van der Waals surface area contributed by atoms with Crippen LogP contribution >= 0.6 is 0 Å². The number of rotatable bonds is 3. The van der Waals surface area contributed by atoms with Crippen LogP contribution in [0.15, 0.2) is 0 Å². The molecule has 3 nitrogen and oxygen atoms in total. The molecule has 0 spiro atoms. The van der Waals surface area contributed by atoms with Gasteiger partial charge < -0.3 is 9.74 Å². The number of hydroxylamine groups is 2. The summed E-state index contributed by atoms with van der Waals surface area (Å²) in [6.07, 6.45) is 0.757. The molecule has 0 aromatic rings. The van der Waals surface area contributed by atoms with Crippen molar-refractivity contribution in [3.8, 4) is 0 Å². The van der Waals surface area contributed by atoms with Gasteiger partial charge in [-0.2, -0.15) is 5.06 Å². The van der Waals surface area contributed by atoms with Crippen LogP contribution in [0, 0.1) is 0 Å². The molecule has 1 rings (SSSR count). The molecule has 1 fully saturated rings. The van der Waals surface area contributed by atoms with Gasteiger partial charge in [0.1, 0.15) is 0 Å². The van der Waals surface area contributed by atoms with Gasteiger partial charge in [0.2, 0.25) is 0 Å². The summed E-state index contributed by atoms with van der Waals surface area (Å²) < 4.78 is 0. The van der Waals surface area contributed by atoms with Crippen molar-refractivity contribution in [2.24, 2.45) is 0 Å². The maximum atomic E-state index is 5.44. The molecular formula is C8H19BN2O. The summed E-state index contributed by atoms with van der Waals surface area (Å²) in [4.78, 5) is 7.45. The molecule has 4 heteroatoms. The van der Waals surface area contributed by atoms with E-state index in [0.29, 0.717) is 0 Å². The first kappa shape index (κ1) is 11.9. The fraction of sp³-hybridized carbons (Fsp3) is 1.00. The van der Waals surface area contributed by atoms with Crippen molar-refractivity contribution in [1.29, 1.82) is 0 Å². The van der Waals surface area contributed by atoms with E-state index in [2.05, 4.69) is 4.90 Å². The van der Waals surface area contributed by atoms with Crippen LogP contribution in [0.5, 0.6) is 0 Å². The number of hydrogen-bond donors (Lipinski definition) is 0. The molecule has 70 valence electrons. The van der Waals surface area contributed by atoms with Crippen molar-refractivity contribution in [3.63, 3.8) is 0 Å². The summed E-state index contributed by atoms with van der Waals surface area (Å²) in [6, 6.07) is 0. The summed E-state index contributed by atoms with van der Waals surface area (Å²) in [7, 11) is 7.16. The van der Waals surface area contributed by atoms with E-state index in [1.54, 1.807) is 7.11 Å². The highest BCUT2D eigenvalue weighted by Gasteiger charge is 2.14. The molecular weight excluding hydrogens is 151 g/mol. The minimum Gasteiger partial charge on any atom is -0.302 e. The first-order valence-electron chi connectivity index (χ1n) is 4.08. The van der Waals surface area contributed by atoms with E-state index in [1.807, 2.05) is 5.06 Å². The highest BCUT2D eigenvalue weighted by atomic mass is 16.7. The highest BCUT2D eigenvalue weighted by Crippen LogP contribution is 2.00. The summed E-state index contributed by atoms with van der Waals surface area (Å²) in [5.41, 5.74) is 0. The summed E-state index contributed by atoms with van der Waals surface area (Å²) in [5.74, 6) is 0. The fourth-order valence-corrected chi connectivity index (χ4v) is 1.32. The highest BCUT2D eigenvalue weighted by molar-refractivity contribution is 6.08. The predicted molar refractivity (Wildman–Crippen MR) is 52.3 cm³/mol. The first-order chi connectivity index (χ1) is 5.36. The largest absolute Gasteiger partial charge is 0.302 e. The zero-order valence-electron chi connectivity index (χ0n) is 7.12. The van der Waals surface area contributed by atoms with E-state index >= 15 is 0 Å². The second-order valence-corrected chi connectivity index (χ2v) is 2.74. The van der Waals surface area contributed by atoms with E-state index in [-0.39, 0.29) is 7.43 Å². The van der Waals surface area contributed by atoms with E-state index < -0.39 is 0 Å². The van der Waals surface area contributed by atoms with Crippen LogP contribution in [0.25, 0.3) is 0 Å². The molecule has 0 amide bonds. The Hall–Kier alpha value is -0.0551. The molecule has 0 atom stereocenters. The van der Waals surface area contributed by atoms with Crippen molar-refractivity contribution in [2.45, 2.75) is 13.7 Å². The smallest absolute Gasteiger partial charge is 0.0670 e. The van der Waals surface area contributed by atoms with Gasteiger partial charge in [0, 0.05) is 26.2 Å². The molecule has 1 aliphatic rings. The first-order valence-corrected chi connectivity index (χ1v) is 4.08. The lowest BCUT2D eigenvalue weighted by molar-refractivity contribution is -0.151. The Morgan fingerprint density at radius 3 is 2.25 bits per heavy atom. The second kappa shape index (κ2) is 6.46. The third kappa shape index (κ3) is 3.56. The molecule has 0 N–H and O–H groups in total. The Bertz CT molecular complexity index is 105. The van der Waals surface area contributed by atoms with Crippen LogP contribution in [0.1, 0.15) is 7.43 Å². The topological polar surface area (TPSA) is 15.7 Å². The molecule has 1 aliphatic heterocycles. The Morgan fingerprint density at radius 2 is 1.83 bits per heavy atom. The molecule has 0 saturated carbocycles. The van der Waals surface area contributed by atoms with Crippen molar-refractivity contribution in [2.75, 3.05) is 39.8 Å². The van der Waals surface area contributed by atoms with E-state index in [1.165, 1.54) is 0 Å². The van der Waals surface area contributed by atoms with Crippen molar-refractivity contribution >= 4 is 7.85 Å². The third-order valence-electron chi connectivity index (χ3n) is 2.03. The van der Waals surface area contributed by atoms with Crippen molar-refractivity contribution in [1.82, 2.24) is 9.96 Å². The van der Waals surface area contributed by atoms with Gasteiger partial charge in [-0.1, -0.05) is 13.7 Å². The molecule has 1 saturated heterocycles. The Kier molecular flexibility index (Phi) is 6.43. The number of hydrogen-bond acceptors (Lipinski definition) is 3. The Balaban J connectivity index is 0.00000121. The number of piperazine rings is 1. The maximum absolute atomic E-state index is 5.44. The SMILES string of the molecule is C.[B]CCN1CCN(OC)CC1. The zero-order valence-corrected chi connectivity index (χ0v) is 7.12. The van der Waals surface area contributed by atoms with Gasteiger partial charge in [-0.3, -0.25) is 0 Å². The molecule has 2 radical (unpaired) electrons. The van der Waals surface area contributed by atoms with Crippen LogP contribution in [0.2, 0.25) is 6.32 Å². The lowest BCUT2D eigenvalue weighted by atomic mass is 10.1. The Labute approximate surface area is 77.0 Å². The Morgan fingerprint density at radius 1 is 1.25 bits per heavy atom. The van der Waals surface area contributed by atoms with Crippen LogP contribution in [-0.4, -0.2) is 57.6 Å². The van der Waals surface area contributed by atoms with Gasteiger partial charge in [0.05, 0.1) is 15.0 Å². The van der Waals surface area contributed by atoms with E-state index in [9.17, 15) is 0 Å². The average Bonchev–Trinajstić information content (AvgIpc) is 2.07. The normalized spacial score (nSPS) is 20.4. The molecule has 0 unspecified atom stereocenters. The monoisotopic (exact) mass is 170 g/mol. The van der Waals surface area contributed by atoms with Crippen molar-refractivity contribution in [3.05, 3.63) is 0 Å². The fourth-order valence-electron chi connectivity index (χ4n) is 1.32.